The summed E-state index contributed by atoms with van der Waals surface area (Å²) in [5.41, 5.74) is 1.37. The molecule has 3 aromatic rings. The fraction of sp³-hybridized carbons (Fsp3) is 0.176. The Bertz CT molecular complexity index is 917. The lowest BCUT2D eigenvalue weighted by Gasteiger charge is -2.10. The predicted molar refractivity (Wildman–Crippen MR) is 91.1 cm³/mol. The first-order valence-corrected chi connectivity index (χ1v) is 8.78. The van der Waals surface area contributed by atoms with Crippen LogP contribution in [0.15, 0.2) is 47.6 Å². The minimum absolute atomic E-state index is 0.167. The molecule has 24 heavy (non-hydrogen) atoms. The van der Waals surface area contributed by atoms with Crippen LogP contribution in [0.25, 0.3) is 10.9 Å². The Kier molecular flexibility index (Phi) is 4.71. The second-order valence-electron chi connectivity index (χ2n) is 5.16. The molecule has 1 aromatic heterocycles. The highest BCUT2D eigenvalue weighted by Crippen LogP contribution is 2.26. The Morgan fingerprint density at radius 1 is 1.17 bits per heavy atom. The second kappa shape index (κ2) is 6.92. The number of methoxy groups -OCH3 is 1. The predicted octanol–water partition coefficient (Wildman–Crippen LogP) is 3.73. The number of halogens is 1. The van der Waals surface area contributed by atoms with Gasteiger partial charge >= 0.3 is 0 Å². The number of hydrogen-bond donors (Lipinski definition) is 1. The SMILES string of the molecule is COc1ccc2c(OCc3cc(F)cc(S(C)=N)c3)ncnc2c1. The number of rotatable bonds is 5. The first-order valence-electron chi connectivity index (χ1n) is 7.15. The van der Waals surface area contributed by atoms with Crippen molar-refractivity contribution in [3.05, 3.63) is 54.1 Å². The Morgan fingerprint density at radius 2 is 2.00 bits per heavy atom. The van der Waals surface area contributed by atoms with Gasteiger partial charge in [0.25, 0.3) is 0 Å². The molecule has 0 aliphatic heterocycles. The maximum Gasteiger partial charge on any atom is 0.224 e. The van der Waals surface area contributed by atoms with Gasteiger partial charge < -0.3 is 9.47 Å². The molecule has 0 amide bonds. The summed E-state index contributed by atoms with van der Waals surface area (Å²) in [7, 11) is 0.834. The molecule has 0 radical (unpaired) electrons. The van der Waals surface area contributed by atoms with E-state index in [9.17, 15) is 4.39 Å². The van der Waals surface area contributed by atoms with Gasteiger partial charge in [0, 0.05) is 11.0 Å². The average Bonchev–Trinajstić information content (AvgIpc) is 2.58. The molecule has 1 N–H and O–H groups in total. The van der Waals surface area contributed by atoms with Crippen LogP contribution >= 0.6 is 0 Å². The summed E-state index contributed by atoms with van der Waals surface area (Å²) in [4.78, 5) is 9.00. The minimum Gasteiger partial charge on any atom is -0.497 e. The lowest BCUT2D eigenvalue weighted by atomic mass is 10.2. The molecule has 0 bridgehead atoms. The lowest BCUT2D eigenvalue weighted by molar-refractivity contribution is 0.296. The van der Waals surface area contributed by atoms with E-state index in [0.29, 0.717) is 27.6 Å². The topological polar surface area (TPSA) is 68.1 Å². The van der Waals surface area contributed by atoms with E-state index >= 15 is 0 Å². The molecular formula is C17H16FN3O2S. The van der Waals surface area contributed by atoms with Gasteiger partial charge in [-0.05, 0) is 42.2 Å². The van der Waals surface area contributed by atoms with Crippen LogP contribution in [-0.4, -0.2) is 23.3 Å². The first kappa shape index (κ1) is 16.3. The molecular weight excluding hydrogens is 329 g/mol. The molecule has 2 aromatic carbocycles. The molecule has 0 aliphatic carbocycles. The van der Waals surface area contributed by atoms with Crippen LogP contribution in [0.1, 0.15) is 5.56 Å². The summed E-state index contributed by atoms with van der Waals surface area (Å²) in [5.74, 6) is 0.761. The summed E-state index contributed by atoms with van der Waals surface area (Å²) < 4.78 is 32.4. The van der Waals surface area contributed by atoms with Crippen molar-refractivity contribution in [2.45, 2.75) is 11.5 Å². The molecule has 5 nitrogen and oxygen atoms in total. The maximum absolute atomic E-state index is 13.7. The molecule has 0 saturated heterocycles. The van der Waals surface area contributed by atoms with E-state index in [4.69, 9.17) is 14.3 Å². The first-order chi connectivity index (χ1) is 11.6. The van der Waals surface area contributed by atoms with Gasteiger partial charge in [0.2, 0.25) is 5.88 Å². The molecule has 3 rings (SSSR count). The van der Waals surface area contributed by atoms with Gasteiger partial charge in [0.1, 0.15) is 24.5 Å². The smallest absolute Gasteiger partial charge is 0.224 e. The summed E-state index contributed by atoms with van der Waals surface area (Å²) in [5, 5.41) is 0.755. The van der Waals surface area contributed by atoms with Crippen LogP contribution in [0.4, 0.5) is 4.39 Å². The molecule has 0 aliphatic rings. The number of nitrogens with zero attached hydrogens (tertiary/aromatic N) is 2. The van der Waals surface area contributed by atoms with Crippen LogP contribution in [0, 0.1) is 10.6 Å². The van der Waals surface area contributed by atoms with Crippen molar-refractivity contribution in [1.29, 1.82) is 4.78 Å². The van der Waals surface area contributed by atoms with Gasteiger partial charge in [-0.3, -0.25) is 4.78 Å². The standard InChI is InChI=1S/C17H16FN3O2S/c1-22-13-3-4-15-16(8-13)20-10-21-17(15)23-9-11-5-12(18)7-14(6-11)24(2)19/h3-8,10,19H,9H2,1-2H3. The Labute approximate surface area is 141 Å². The highest BCUT2D eigenvalue weighted by molar-refractivity contribution is 7.85. The quantitative estimate of drug-likeness (QED) is 0.765. The van der Waals surface area contributed by atoms with Crippen molar-refractivity contribution in [2.24, 2.45) is 0 Å². The van der Waals surface area contributed by atoms with E-state index in [-0.39, 0.29) is 12.4 Å². The van der Waals surface area contributed by atoms with Crippen LogP contribution in [0.3, 0.4) is 0 Å². The minimum atomic E-state index is -0.759. The normalized spacial score (nSPS) is 12.1. The molecule has 0 spiro atoms. The molecule has 1 atom stereocenters. The van der Waals surface area contributed by atoms with E-state index in [1.165, 1.54) is 18.5 Å². The van der Waals surface area contributed by atoms with Crippen LogP contribution < -0.4 is 9.47 Å². The molecule has 1 heterocycles. The van der Waals surface area contributed by atoms with Gasteiger partial charge in [-0.15, -0.1) is 0 Å². The third kappa shape index (κ3) is 3.51. The summed E-state index contributed by atoms with van der Waals surface area (Å²) in [6.45, 7) is 0.167. The summed E-state index contributed by atoms with van der Waals surface area (Å²) in [6, 6.07) is 10.0. The van der Waals surface area contributed by atoms with Crippen molar-refractivity contribution >= 4 is 21.6 Å². The number of benzene rings is 2. The lowest BCUT2D eigenvalue weighted by Crippen LogP contribution is -2.01. The second-order valence-corrected chi connectivity index (χ2v) is 6.65. The monoisotopic (exact) mass is 345 g/mol. The van der Waals surface area contributed by atoms with Gasteiger partial charge in [-0.25, -0.2) is 14.4 Å². The van der Waals surface area contributed by atoms with Crippen molar-refractivity contribution < 1.29 is 13.9 Å². The number of nitrogens with one attached hydrogen (secondary N) is 1. The van der Waals surface area contributed by atoms with Crippen molar-refractivity contribution in [2.75, 3.05) is 13.4 Å². The largest absolute Gasteiger partial charge is 0.497 e. The third-order valence-corrected chi connectivity index (χ3v) is 4.41. The van der Waals surface area contributed by atoms with E-state index in [0.717, 1.165) is 5.39 Å². The highest BCUT2D eigenvalue weighted by atomic mass is 32.2. The highest BCUT2D eigenvalue weighted by Gasteiger charge is 2.08. The zero-order valence-electron chi connectivity index (χ0n) is 13.2. The van der Waals surface area contributed by atoms with Crippen LogP contribution in [0.5, 0.6) is 11.6 Å². The van der Waals surface area contributed by atoms with Crippen LogP contribution in [0.2, 0.25) is 0 Å². The fourth-order valence-corrected chi connectivity index (χ4v) is 2.90. The Morgan fingerprint density at radius 3 is 2.75 bits per heavy atom. The van der Waals surface area contributed by atoms with Gasteiger partial charge in [-0.1, -0.05) is 10.7 Å². The summed E-state index contributed by atoms with van der Waals surface area (Å²) >= 11 is 0. The fourth-order valence-electron chi connectivity index (χ4n) is 2.29. The van der Waals surface area contributed by atoms with E-state index in [2.05, 4.69) is 9.97 Å². The third-order valence-electron chi connectivity index (χ3n) is 3.47. The summed E-state index contributed by atoms with van der Waals surface area (Å²) in [6.07, 6.45) is 3.14. The number of hydrogen-bond acceptors (Lipinski definition) is 5. The molecule has 7 heteroatoms. The number of fused-ring (bicyclic) bond motifs is 1. The van der Waals surface area contributed by atoms with Crippen molar-refractivity contribution in [3.8, 4) is 11.6 Å². The van der Waals surface area contributed by atoms with Gasteiger partial charge in [-0.2, -0.15) is 0 Å². The molecule has 1 unspecified atom stereocenters. The van der Waals surface area contributed by atoms with E-state index in [1.807, 2.05) is 12.1 Å². The zero-order valence-corrected chi connectivity index (χ0v) is 14.1. The van der Waals surface area contributed by atoms with Crippen LogP contribution in [-0.2, 0) is 17.3 Å². The van der Waals surface area contributed by atoms with E-state index < -0.39 is 10.7 Å². The maximum atomic E-state index is 13.7. The van der Waals surface area contributed by atoms with E-state index in [1.54, 1.807) is 25.5 Å². The van der Waals surface area contributed by atoms with Gasteiger partial charge in [0.05, 0.1) is 18.0 Å². The molecule has 0 fully saturated rings. The van der Waals surface area contributed by atoms with Gasteiger partial charge in [0.15, 0.2) is 0 Å². The van der Waals surface area contributed by atoms with Crippen molar-refractivity contribution in [1.82, 2.24) is 9.97 Å². The molecule has 0 saturated carbocycles. The number of ether oxygens (including phenoxy) is 2. The zero-order chi connectivity index (χ0) is 17.1. The Balaban J connectivity index is 1.87. The number of aromatic nitrogens is 2. The average molecular weight is 345 g/mol. The Hall–Kier alpha value is -2.54. The van der Waals surface area contributed by atoms with Crippen molar-refractivity contribution in [3.63, 3.8) is 0 Å². The molecule has 124 valence electrons.